The van der Waals surface area contributed by atoms with Gasteiger partial charge in [-0.05, 0) is 52.4 Å². The number of amides is 1. The fraction of sp³-hybridized carbons (Fsp3) is 0.464. The molecule has 13 heteroatoms. The summed E-state index contributed by atoms with van der Waals surface area (Å²) in [5, 5.41) is 14.5. The van der Waals surface area contributed by atoms with Gasteiger partial charge in [-0.25, -0.2) is 17.6 Å². The number of rotatable bonds is 8. The molecule has 4 aromatic rings. The van der Waals surface area contributed by atoms with E-state index in [4.69, 9.17) is 4.52 Å². The summed E-state index contributed by atoms with van der Waals surface area (Å²) in [4.78, 5) is 14.5. The fourth-order valence-electron chi connectivity index (χ4n) is 4.96. The predicted molar refractivity (Wildman–Crippen MR) is 146 cm³/mol. The summed E-state index contributed by atoms with van der Waals surface area (Å²) in [6.45, 7) is 6.81. The van der Waals surface area contributed by atoms with Gasteiger partial charge in [0, 0.05) is 36.4 Å². The number of likely N-dealkylation sites (tertiary alicyclic amines) is 1. The summed E-state index contributed by atoms with van der Waals surface area (Å²) in [7, 11) is 1.85. The predicted octanol–water partition coefficient (Wildman–Crippen LogP) is 5.37. The van der Waals surface area contributed by atoms with Crippen LogP contribution in [0.1, 0.15) is 49.6 Å². The van der Waals surface area contributed by atoms with E-state index in [1.54, 1.807) is 23.0 Å². The monoisotopic (exact) mass is 575 g/mol. The third-order valence-corrected chi connectivity index (χ3v) is 7.20. The van der Waals surface area contributed by atoms with Crippen LogP contribution in [0.25, 0.3) is 22.3 Å². The highest BCUT2D eigenvalue weighted by molar-refractivity contribution is 5.96. The highest BCUT2D eigenvalue weighted by Gasteiger charge is 2.30. The van der Waals surface area contributed by atoms with E-state index in [-0.39, 0.29) is 47.2 Å². The summed E-state index contributed by atoms with van der Waals surface area (Å²) >= 11 is 0. The molecule has 0 saturated carbocycles. The Morgan fingerprint density at radius 1 is 1.22 bits per heavy atom. The Morgan fingerprint density at radius 2 is 2.00 bits per heavy atom. The van der Waals surface area contributed by atoms with Crippen LogP contribution < -0.4 is 10.6 Å². The summed E-state index contributed by atoms with van der Waals surface area (Å²) in [5.74, 6) is -0.143. The number of carbonyl (C=O) groups is 1. The third-order valence-electron chi connectivity index (χ3n) is 7.20. The zero-order chi connectivity index (χ0) is 29.5. The van der Waals surface area contributed by atoms with Gasteiger partial charge in [-0.3, -0.25) is 9.48 Å². The van der Waals surface area contributed by atoms with E-state index < -0.39 is 24.9 Å². The van der Waals surface area contributed by atoms with E-state index in [2.05, 4.69) is 20.9 Å². The minimum Gasteiger partial charge on any atom is -0.379 e. The molecule has 41 heavy (non-hydrogen) atoms. The Balaban J connectivity index is 1.41. The van der Waals surface area contributed by atoms with Crippen molar-refractivity contribution < 1.29 is 26.9 Å². The van der Waals surface area contributed by atoms with Crippen LogP contribution in [0.3, 0.4) is 0 Å². The average Bonchev–Trinajstić information content (AvgIpc) is 3.66. The van der Waals surface area contributed by atoms with Crippen LogP contribution in [0.2, 0.25) is 0 Å². The highest BCUT2D eigenvalue weighted by Crippen LogP contribution is 2.37. The topological polar surface area (TPSA) is 93.2 Å². The molecule has 1 amide bonds. The first-order valence-electron chi connectivity index (χ1n) is 13.4. The minimum atomic E-state index is -3.30. The van der Waals surface area contributed by atoms with Crippen molar-refractivity contribution >= 4 is 22.5 Å². The second kappa shape index (κ2) is 11.2. The largest absolute Gasteiger partial charge is 0.379 e. The van der Waals surface area contributed by atoms with E-state index in [9.17, 15) is 18.0 Å². The summed E-state index contributed by atoms with van der Waals surface area (Å²) in [6, 6.07) is 7.37. The molecule has 9 nitrogen and oxygen atoms in total. The van der Waals surface area contributed by atoms with Crippen molar-refractivity contribution in [2.75, 3.05) is 25.5 Å². The number of aromatic nitrogens is 4. The maximum atomic E-state index is 15.0. The quantitative estimate of drug-likeness (QED) is 0.275. The number of nitrogens with one attached hydrogen (secondary N) is 2. The maximum Gasteiger partial charge on any atom is 0.288 e. The lowest BCUT2D eigenvalue weighted by Crippen LogP contribution is -2.46. The molecule has 5 rings (SSSR count). The molecule has 1 unspecified atom stereocenters. The number of hydrogen-bond donors (Lipinski definition) is 2. The lowest BCUT2D eigenvalue weighted by Gasteiger charge is -2.33. The number of halogens is 4. The summed E-state index contributed by atoms with van der Waals surface area (Å²) in [5.41, 5.74) is 0.956. The van der Waals surface area contributed by atoms with Crippen LogP contribution in [0, 0.1) is 0 Å². The molecule has 2 N–H and O–H groups in total. The zero-order valence-corrected chi connectivity index (χ0v) is 23.2. The molecular weight excluding hydrogens is 542 g/mol. The average molecular weight is 576 g/mol. The summed E-state index contributed by atoms with van der Waals surface area (Å²) < 4.78 is 65.0. The first kappa shape index (κ1) is 28.7. The number of anilines is 1. The molecule has 1 aliphatic rings. The number of benzene rings is 1. The van der Waals surface area contributed by atoms with Gasteiger partial charge in [0.15, 0.2) is 5.76 Å². The lowest BCUT2D eigenvalue weighted by atomic mass is 10.0. The Bertz CT molecular complexity index is 1520. The molecule has 1 aliphatic heterocycles. The van der Waals surface area contributed by atoms with Crippen molar-refractivity contribution in [3.05, 3.63) is 54.0 Å². The number of piperidine rings is 1. The van der Waals surface area contributed by atoms with Gasteiger partial charge in [-0.2, -0.15) is 5.10 Å². The van der Waals surface area contributed by atoms with Crippen molar-refractivity contribution in [2.45, 2.75) is 64.2 Å². The SMILES string of the molecule is CN1CC[C@@H](Nc2cccc3c2cc(-c2cc(CNC(=O)c4cnn(C(C)(C)C)c4)on2)n3C(F)C(F)F)[C@@H](F)C1. The van der Waals surface area contributed by atoms with Crippen molar-refractivity contribution in [2.24, 2.45) is 0 Å². The number of alkyl halides is 4. The first-order chi connectivity index (χ1) is 19.4. The van der Waals surface area contributed by atoms with Crippen molar-refractivity contribution in [1.29, 1.82) is 0 Å². The Hall–Kier alpha value is -3.87. The van der Waals surface area contributed by atoms with Crippen LogP contribution in [0.15, 0.2) is 47.2 Å². The van der Waals surface area contributed by atoms with Crippen LogP contribution in [-0.4, -0.2) is 69.1 Å². The van der Waals surface area contributed by atoms with E-state index in [0.717, 1.165) is 4.57 Å². The number of carbonyl (C=O) groups excluding carboxylic acids is 1. The Kier molecular flexibility index (Phi) is 7.82. The van der Waals surface area contributed by atoms with E-state index in [1.165, 1.54) is 24.4 Å². The molecule has 4 heterocycles. The van der Waals surface area contributed by atoms with Gasteiger partial charge in [0.2, 0.25) is 6.30 Å². The Labute approximate surface area is 234 Å². The van der Waals surface area contributed by atoms with Gasteiger partial charge in [-0.15, -0.1) is 0 Å². The third kappa shape index (κ3) is 5.95. The van der Waals surface area contributed by atoms with Crippen LogP contribution in [0.5, 0.6) is 0 Å². The lowest BCUT2D eigenvalue weighted by molar-refractivity contribution is 0.0115. The van der Waals surface area contributed by atoms with E-state index >= 15 is 4.39 Å². The first-order valence-corrected chi connectivity index (χ1v) is 13.4. The molecule has 0 bridgehead atoms. The van der Waals surface area contributed by atoms with Gasteiger partial charge >= 0.3 is 0 Å². The number of fused-ring (bicyclic) bond motifs is 1. The van der Waals surface area contributed by atoms with Crippen LogP contribution >= 0.6 is 0 Å². The summed E-state index contributed by atoms with van der Waals surface area (Å²) in [6.07, 6.45) is -3.44. The molecule has 0 spiro atoms. The molecule has 3 atom stereocenters. The van der Waals surface area contributed by atoms with E-state index in [0.29, 0.717) is 29.6 Å². The van der Waals surface area contributed by atoms with Crippen LogP contribution in [-0.2, 0) is 12.1 Å². The van der Waals surface area contributed by atoms with Crippen molar-refractivity contribution in [3.63, 3.8) is 0 Å². The smallest absolute Gasteiger partial charge is 0.288 e. The van der Waals surface area contributed by atoms with Gasteiger partial charge in [-0.1, -0.05) is 11.2 Å². The Morgan fingerprint density at radius 3 is 2.68 bits per heavy atom. The van der Waals surface area contributed by atoms with Gasteiger partial charge < -0.3 is 24.6 Å². The van der Waals surface area contributed by atoms with Crippen LogP contribution in [0.4, 0.5) is 23.2 Å². The van der Waals surface area contributed by atoms with Crippen molar-refractivity contribution in [3.8, 4) is 11.4 Å². The van der Waals surface area contributed by atoms with Gasteiger partial charge in [0.25, 0.3) is 12.3 Å². The van der Waals surface area contributed by atoms with Gasteiger partial charge in [0.05, 0.1) is 41.1 Å². The standard InChI is InChI=1S/C28H33F4N7O2/c1-28(2,3)38-14-16(12-34-38)27(40)33-13-17-10-22(36-41-17)24-11-18-20(35-21-8-9-37(4)15-19(21)29)6-5-7-23(18)39(24)26(32)25(30)31/h5-7,10-12,14,19,21,25-26,35H,8-9,13,15H2,1-4H3,(H,33,40)/t19-,21+,26?/m0/s1. The zero-order valence-electron chi connectivity index (χ0n) is 23.2. The number of hydrogen-bond acceptors (Lipinski definition) is 6. The normalized spacial score (nSPS) is 19.1. The number of nitrogens with zero attached hydrogens (tertiary/aromatic N) is 5. The molecule has 0 aliphatic carbocycles. The molecule has 220 valence electrons. The highest BCUT2D eigenvalue weighted by atomic mass is 19.3. The maximum absolute atomic E-state index is 15.0. The second-order valence-corrected chi connectivity index (χ2v) is 11.4. The molecule has 3 aromatic heterocycles. The second-order valence-electron chi connectivity index (χ2n) is 11.4. The van der Waals surface area contributed by atoms with Gasteiger partial charge in [0.1, 0.15) is 11.9 Å². The van der Waals surface area contributed by atoms with Crippen molar-refractivity contribution in [1.82, 2.24) is 29.7 Å². The molecule has 1 aromatic carbocycles. The fourth-order valence-corrected chi connectivity index (χ4v) is 4.96. The molecular formula is C28H33F4N7O2. The van der Waals surface area contributed by atoms with E-state index in [1.807, 2.05) is 32.7 Å². The molecule has 1 saturated heterocycles. The molecule has 1 fully saturated rings. The molecule has 0 radical (unpaired) electrons. The minimum absolute atomic E-state index is 0.0402.